The van der Waals surface area contributed by atoms with Crippen molar-refractivity contribution in [1.82, 2.24) is 14.5 Å². The summed E-state index contributed by atoms with van der Waals surface area (Å²) >= 11 is 12.8. The molecule has 2 N–H and O–H groups in total. The molecule has 0 spiro atoms. The Bertz CT molecular complexity index is 1710. The molecule has 0 aliphatic heterocycles. The number of amides is 1. The molecular weight excluding hydrogens is 631 g/mol. The van der Waals surface area contributed by atoms with Crippen LogP contribution in [-0.4, -0.2) is 45.0 Å². The normalized spacial score (nSPS) is 12.6. The number of benzene rings is 4. The molecule has 47 heavy (non-hydrogen) atoms. The lowest BCUT2D eigenvalue weighted by molar-refractivity contribution is -0.157. The van der Waals surface area contributed by atoms with E-state index in [1.54, 1.807) is 23.4 Å². The average molecular weight is 670 g/mol. The number of hydrogen-bond acceptors (Lipinski definition) is 5. The second kappa shape index (κ2) is 14.6. The number of nitrogens with zero attached hydrogens (tertiary/aromatic N) is 3. The van der Waals surface area contributed by atoms with Crippen LogP contribution in [0.25, 0.3) is 0 Å². The van der Waals surface area contributed by atoms with Gasteiger partial charge in [0, 0.05) is 19.3 Å². The Hall–Kier alpha value is -4.43. The highest BCUT2D eigenvalue weighted by molar-refractivity contribution is 6.42. The van der Waals surface area contributed by atoms with Crippen molar-refractivity contribution in [2.24, 2.45) is 5.73 Å². The third-order valence-corrected chi connectivity index (χ3v) is 8.72. The number of rotatable bonds is 12. The molecule has 9 heteroatoms. The van der Waals surface area contributed by atoms with Crippen molar-refractivity contribution in [1.29, 1.82) is 0 Å². The van der Waals surface area contributed by atoms with Crippen LogP contribution in [0.15, 0.2) is 122 Å². The highest BCUT2D eigenvalue weighted by Crippen LogP contribution is 2.41. The van der Waals surface area contributed by atoms with E-state index < -0.39 is 28.9 Å². The Kier molecular flexibility index (Phi) is 10.5. The molecule has 0 fully saturated rings. The minimum atomic E-state index is -0.868. The summed E-state index contributed by atoms with van der Waals surface area (Å²) in [4.78, 5) is 32.8. The van der Waals surface area contributed by atoms with Gasteiger partial charge >= 0.3 is 5.97 Å². The minimum Gasteiger partial charge on any atom is -0.459 e. The van der Waals surface area contributed by atoms with E-state index in [0.717, 1.165) is 16.7 Å². The van der Waals surface area contributed by atoms with Gasteiger partial charge in [-0.1, -0.05) is 126 Å². The van der Waals surface area contributed by atoms with Gasteiger partial charge in [-0.15, -0.1) is 0 Å². The number of ether oxygens (including phenoxy) is 1. The van der Waals surface area contributed by atoms with Crippen LogP contribution in [0, 0.1) is 0 Å². The van der Waals surface area contributed by atoms with Gasteiger partial charge in [0.05, 0.1) is 28.6 Å². The predicted molar refractivity (Wildman–Crippen MR) is 186 cm³/mol. The van der Waals surface area contributed by atoms with Crippen LogP contribution in [0.4, 0.5) is 0 Å². The molecule has 1 aromatic heterocycles. The monoisotopic (exact) mass is 668 g/mol. The number of carbonyl (C=O) groups excluding carboxylic acids is 2. The van der Waals surface area contributed by atoms with Gasteiger partial charge in [0.1, 0.15) is 17.1 Å². The number of carbonyl (C=O) groups is 2. The second-order valence-electron chi connectivity index (χ2n) is 12.4. The fourth-order valence-electron chi connectivity index (χ4n) is 5.92. The maximum atomic E-state index is 14.0. The lowest BCUT2D eigenvalue weighted by atomic mass is 9.76. The number of aromatic nitrogens is 2. The SMILES string of the molecule is CC(C)(C)OC(=O)C(CN(CC(N)=O)Cc1cccc(Cl)c1Cl)c1cn(C(c2ccccc2)(c2ccccc2)c2ccccc2)cn1. The van der Waals surface area contributed by atoms with Gasteiger partial charge in [-0.25, -0.2) is 4.98 Å². The first-order chi connectivity index (χ1) is 22.5. The largest absolute Gasteiger partial charge is 0.459 e. The molecule has 7 nitrogen and oxygen atoms in total. The van der Waals surface area contributed by atoms with E-state index in [-0.39, 0.29) is 19.6 Å². The molecule has 4 aromatic carbocycles. The van der Waals surface area contributed by atoms with Gasteiger partial charge in [0.2, 0.25) is 5.91 Å². The van der Waals surface area contributed by atoms with Crippen LogP contribution < -0.4 is 5.73 Å². The minimum absolute atomic E-state index is 0.0900. The van der Waals surface area contributed by atoms with Crippen LogP contribution in [0.5, 0.6) is 0 Å². The highest BCUT2D eigenvalue weighted by Gasteiger charge is 2.40. The molecule has 1 atom stereocenters. The summed E-state index contributed by atoms with van der Waals surface area (Å²) in [5, 5.41) is 0.768. The third kappa shape index (κ3) is 7.76. The van der Waals surface area contributed by atoms with Crippen molar-refractivity contribution < 1.29 is 14.3 Å². The first-order valence-electron chi connectivity index (χ1n) is 15.4. The molecule has 0 saturated heterocycles. The maximum Gasteiger partial charge on any atom is 0.316 e. The molecule has 242 valence electrons. The molecule has 1 unspecified atom stereocenters. The number of primary amides is 1. The fourth-order valence-corrected chi connectivity index (χ4v) is 6.30. The molecule has 1 heterocycles. The van der Waals surface area contributed by atoms with Crippen LogP contribution in [0.3, 0.4) is 0 Å². The van der Waals surface area contributed by atoms with Gasteiger partial charge < -0.3 is 15.0 Å². The smallest absolute Gasteiger partial charge is 0.316 e. The maximum absolute atomic E-state index is 14.0. The number of halogens is 2. The number of hydrogen-bond donors (Lipinski definition) is 1. The Labute approximate surface area is 285 Å². The quantitative estimate of drug-likeness (QED) is 0.110. The van der Waals surface area contributed by atoms with E-state index in [0.29, 0.717) is 21.3 Å². The first kappa shape index (κ1) is 33.9. The summed E-state index contributed by atoms with van der Waals surface area (Å²) in [6.45, 7) is 5.65. The van der Waals surface area contributed by atoms with E-state index in [9.17, 15) is 9.59 Å². The van der Waals surface area contributed by atoms with Crippen molar-refractivity contribution in [3.05, 3.63) is 160 Å². The number of nitrogens with two attached hydrogens (primary N) is 1. The zero-order valence-corrected chi connectivity index (χ0v) is 28.2. The van der Waals surface area contributed by atoms with Crippen LogP contribution in [0.1, 0.15) is 54.6 Å². The molecule has 1 amide bonds. The van der Waals surface area contributed by atoms with Gasteiger partial charge in [-0.2, -0.15) is 0 Å². The Morgan fingerprint density at radius 1 is 0.830 bits per heavy atom. The molecule has 0 radical (unpaired) electrons. The second-order valence-corrected chi connectivity index (χ2v) is 13.2. The summed E-state index contributed by atoms with van der Waals surface area (Å²) < 4.78 is 7.97. The van der Waals surface area contributed by atoms with Gasteiger partial charge in [0.25, 0.3) is 0 Å². The summed E-state index contributed by atoms with van der Waals surface area (Å²) in [6.07, 6.45) is 3.66. The van der Waals surface area contributed by atoms with Crippen molar-refractivity contribution in [3.63, 3.8) is 0 Å². The van der Waals surface area contributed by atoms with Crippen molar-refractivity contribution in [2.75, 3.05) is 13.1 Å². The fraction of sp³-hybridized carbons (Fsp3) is 0.237. The molecule has 5 aromatic rings. The topological polar surface area (TPSA) is 90.5 Å². The van der Waals surface area contributed by atoms with E-state index in [2.05, 4.69) is 36.4 Å². The van der Waals surface area contributed by atoms with Crippen molar-refractivity contribution >= 4 is 35.1 Å². The predicted octanol–water partition coefficient (Wildman–Crippen LogP) is 7.44. The average Bonchev–Trinajstić information content (AvgIpc) is 3.53. The summed E-state index contributed by atoms with van der Waals surface area (Å²) in [5.74, 6) is -1.89. The van der Waals surface area contributed by atoms with Crippen molar-refractivity contribution in [3.8, 4) is 0 Å². The first-order valence-corrected chi connectivity index (χ1v) is 16.1. The molecular formula is C38H38Cl2N4O3. The third-order valence-electron chi connectivity index (χ3n) is 7.86. The lowest BCUT2D eigenvalue weighted by Gasteiger charge is -2.37. The van der Waals surface area contributed by atoms with Crippen LogP contribution >= 0.6 is 23.2 Å². The summed E-state index contributed by atoms with van der Waals surface area (Å²) in [6, 6.07) is 35.9. The molecule has 0 saturated carbocycles. The van der Waals surface area contributed by atoms with Gasteiger partial charge in [-0.3, -0.25) is 14.5 Å². The molecule has 0 bridgehead atoms. The number of esters is 1. The number of imidazole rings is 1. The Morgan fingerprint density at radius 2 is 1.36 bits per heavy atom. The van der Waals surface area contributed by atoms with E-state index in [1.807, 2.05) is 92.2 Å². The molecule has 5 rings (SSSR count). The zero-order valence-electron chi connectivity index (χ0n) is 26.6. The highest BCUT2D eigenvalue weighted by atomic mass is 35.5. The van der Waals surface area contributed by atoms with Gasteiger partial charge in [-0.05, 0) is 49.1 Å². The van der Waals surface area contributed by atoms with Crippen molar-refractivity contribution in [2.45, 2.75) is 44.4 Å². The standard InChI is InChI=1S/C38H38Cl2N4O3/c1-37(2,3)47-36(46)31(23-43(25-34(41)45)22-27-14-13-21-32(39)35(27)40)33-24-44(26-42-33)38(28-15-7-4-8-16-28,29-17-9-5-10-18-29)30-19-11-6-12-20-30/h4-21,24,26,31H,22-23,25H2,1-3H3,(H2,41,45). The van der Waals surface area contributed by atoms with Crippen LogP contribution in [0.2, 0.25) is 10.0 Å². The summed E-state index contributed by atoms with van der Waals surface area (Å²) in [5.41, 5.74) is 8.33. The van der Waals surface area contributed by atoms with E-state index >= 15 is 0 Å². The zero-order chi connectivity index (χ0) is 33.6. The molecule has 0 aliphatic rings. The lowest BCUT2D eigenvalue weighted by Crippen LogP contribution is -2.40. The summed E-state index contributed by atoms with van der Waals surface area (Å²) in [7, 11) is 0. The van der Waals surface area contributed by atoms with E-state index in [1.165, 1.54) is 0 Å². The van der Waals surface area contributed by atoms with Gasteiger partial charge in [0.15, 0.2) is 0 Å². The molecule has 0 aliphatic carbocycles. The Balaban J connectivity index is 1.65. The Morgan fingerprint density at radius 3 is 1.85 bits per heavy atom. The van der Waals surface area contributed by atoms with E-state index in [4.69, 9.17) is 38.7 Å². The van der Waals surface area contributed by atoms with Crippen LogP contribution in [-0.2, 0) is 26.4 Å².